The molecule has 0 aliphatic carbocycles. The van der Waals surface area contributed by atoms with Gasteiger partial charge in [-0.25, -0.2) is 4.79 Å². The van der Waals surface area contributed by atoms with E-state index in [0.29, 0.717) is 11.3 Å². The highest BCUT2D eigenvalue weighted by Gasteiger charge is 2.29. The zero-order valence-electron chi connectivity index (χ0n) is 15.8. The van der Waals surface area contributed by atoms with E-state index in [2.05, 4.69) is 66.7 Å². The number of aryl methyl sites for hydroxylation is 1. The molecule has 2 aromatic rings. The lowest BCUT2D eigenvalue weighted by Gasteiger charge is -2.29. The Kier molecular flexibility index (Phi) is 4.89. The van der Waals surface area contributed by atoms with Gasteiger partial charge in [-0.1, -0.05) is 71.4 Å². The zero-order chi connectivity index (χ0) is 18.1. The molecule has 0 atom stereocenters. The Balaban J connectivity index is 2.60. The minimum atomic E-state index is -0.330. The van der Waals surface area contributed by atoms with Gasteiger partial charge in [-0.05, 0) is 36.0 Å². The van der Waals surface area contributed by atoms with Crippen molar-refractivity contribution in [3.05, 3.63) is 64.7 Å². The molecule has 0 aliphatic rings. The molecule has 0 fully saturated rings. The van der Waals surface area contributed by atoms with Crippen molar-refractivity contribution in [2.45, 2.75) is 59.3 Å². The molecule has 0 bridgehead atoms. The number of carbonyl (C=O) groups excluding carboxylic acids is 1. The second kappa shape index (κ2) is 6.43. The van der Waals surface area contributed by atoms with Gasteiger partial charge in [0.15, 0.2) is 0 Å². The molecule has 0 N–H and O–H groups in total. The Morgan fingerprint density at radius 1 is 0.917 bits per heavy atom. The van der Waals surface area contributed by atoms with Crippen molar-refractivity contribution in [1.82, 2.24) is 0 Å². The van der Waals surface area contributed by atoms with Gasteiger partial charge >= 0.3 is 5.97 Å². The molecular weight excluding hydrogens is 296 g/mol. The average molecular weight is 323 g/mol. The largest absolute Gasteiger partial charge is 0.422 e. The lowest BCUT2D eigenvalue weighted by atomic mass is 9.78. The van der Waals surface area contributed by atoms with E-state index in [9.17, 15) is 4.79 Å². The van der Waals surface area contributed by atoms with E-state index in [4.69, 9.17) is 4.74 Å². The number of esters is 1. The van der Waals surface area contributed by atoms with Gasteiger partial charge in [0.2, 0.25) is 0 Å². The maximum absolute atomic E-state index is 12.6. The fourth-order valence-corrected chi connectivity index (χ4v) is 2.67. The molecule has 0 amide bonds. The first-order valence-electron chi connectivity index (χ1n) is 8.34. The predicted molar refractivity (Wildman–Crippen MR) is 98.8 cm³/mol. The van der Waals surface area contributed by atoms with Crippen molar-refractivity contribution in [2.24, 2.45) is 0 Å². The normalized spacial score (nSPS) is 12.1. The van der Waals surface area contributed by atoms with Crippen LogP contribution in [0.2, 0.25) is 0 Å². The highest BCUT2D eigenvalue weighted by atomic mass is 16.5. The molecule has 0 spiro atoms. The quantitative estimate of drug-likeness (QED) is 0.530. The van der Waals surface area contributed by atoms with Crippen LogP contribution in [-0.4, -0.2) is 5.97 Å². The van der Waals surface area contributed by atoms with Crippen LogP contribution >= 0.6 is 0 Å². The molecule has 24 heavy (non-hydrogen) atoms. The predicted octanol–water partition coefficient (Wildman–Crippen LogP) is 5.61. The molecule has 0 saturated heterocycles. The second-order valence-electron chi connectivity index (χ2n) is 8.37. The first-order valence-corrected chi connectivity index (χ1v) is 8.34. The smallest absolute Gasteiger partial charge is 0.343 e. The summed E-state index contributed by atoms with van der Waals surface area (Å²) >= 11 is 0. The third-order valence-corrected chi connectivity index (χ3v) is 4.00. The lowest BCUT2D eigenvalue weighted by Crippen LogP contribution is -2.22. The van der Waals surface area contributed by atoms with Gasteiger partial charge in [-0.2, -0.15) is 0 Å². The molecule has 2 rings (SSSR count). The van der Waals surface area contributed by atoms with Crippen LogP contribution in [0.25, 0.3) is 0 Å². The first kappa shape index (κ1) is 18.3. The standard InChI is InChI=1S/C22H27O2/c1-15-13-17(21(2,3)4)19(18(14-15)22(5,6)7)24-20(23)16-11-9-8-10-12-16/h9-14H,1-7H3. The van der Waals surface area contributed by atoms with Crippen LogP contribution in [-0.2, 0) is 10.8 Å². The van der Waals surface area contributed by atoms with Gasteiger partial charge in [0.25, 0.3) is 0 Å². The fourth-order valence-electron chi connectivity index (χ4n) is 2.67. The Hall–Kier alpha value is -2.09. The van der Waals surface area contributed by atoms with Crippen molar-refractivity contribution in [3.63, 3.8) is 0 Å². The number of hydrogen-bond acceptors (Lipinski definition) is 2. The molecule has 0 heterocycles. The Bertz CT molecular complexity index is 694. The Morgan fingerprint density at radius 2 is 1.38 bits per heavy atom. The van der Waals surface area contributed by atoms with Gasteiger partial charge in [0.1, 0.15) is 5.75 Å². The summed E-state index contributed by atoms with van der Waals surface area (Å²) in [5.41, 5.74) is 3.60. The van der Waals surface area contributed by atoms with Crippen LogP contribution in [0, 0.1) is 13.0 Å². The SMILES string of the molecule is Cc1cc(C(C)(C)C)c(OC(=O)c2cc[c]cc2)c(C(C)(C)C)c1. The second-order valence-corrected chi connectivity index (χ2v) is 8.37. The summed E-state index contributed by atoms with van der Waals surface area (Å²) in [7, 11) is 0. The third-order valence-electron chi connectivity index (χ3n) is 4.00. The van der Waals surface area contributed by atoms with E-state index in [1.807, 2.05) is 0 Å². The molecule has 1 radical (unpaired) electrons. The summed E-state index contributed by atoms with van der Waals surface area (Å²) < 4.78 is 5.92. The van der Waals surface area contributed by atoms with Gasteiger partial charge in [-0.3, -0.25) is 0 Å². The summed E-state index contributed by atoms with van der Waals surface area (Å²) in [6.45, 7) is 14.9. The maximum atomic E-state index is 12.6. The van der Waals surface area contributed by atoms with Crippen LogP contribution in [0.3, 0.4) is 0 Å². The van der Waals surface area contributed by atoms with Crippen molar-refractivity contribution in [1.29, 1.82) is 0 Å². The van der Waals surface area contributed by atoms with Crippen molar-refractivity contribution in [2.75, 3.05) is 0 Å². The maximum Gasteiger partial charge on any atom is 0.343 e. The molecule has 0 aromatic heterocycles. The van der Waals surface area contributed by atoms with Crippen molar-refractivity contribution in [3.8, 4) is 5.75 Å². The monoisotopic (exact) mass is 323 g/mol. The van der Waals surface area contributed by atoms with Crippen molar-refractivity contribution >= 4 is 5.97 Å². The van der Waals surface area contributed by atoms with Gasteiger partial charge < -0.3 is 4.74 Å². The summed E-state index contributed by atoms with van der Waals surface area (Å²) in [6, 6.07) is 14.1. The number of benzene rings is 2. The fraction of sp³-hybridized carbons (Fsp3) is 0.409. The molecule has 0 unspecified atom stereocenters. The highest BCUT2D eigenvalue weighted by Crippen LogP contribution is 2.40. The van der Waals surface area contributed by atoms with Gasteiger partial charge in [-0.15, -0.1) is 0 Å². The van der Waals surface area contributed by atoms with Crippen LogP contribution in [0.15, 0.2) is 36.4 Å². The van der Waals surface area contributed by atoms with E-state index in [-0.39, 0.29) is 16.8 Å². The Morgan fingerprint density at radius 3 is 1.79 bits per heavy atom. The summed E-state index contributed by atoms with van der Waals surface area (Å²) in [6.07, 6.45) is 0. The van der Waals surface area contributed by atoms with Gasteiger partial charge in [0, 0.05) is 11.1 Å². The summed E-state index contributed by atoms with van der Waals surface area (Å²) in [5, 5.41) is 0. The molecule has 2 aromatic carbocycles. The molecule has 127 valence electrons. The lowest BCUT2D eigenvalue weighted by molar-refractivity contribution is 0.0728. The highest BCUT2D eigenvalue weighted by molar-refractivity contribution is 5.91. The third kappa shape index (κ3) is 4.05. The molecule has 0 saturated carbocycles. The molecule has 2 heteroatoms. The summed E-state index contributed by atoms with van der Waals surface area (Å²) in [5.74, 6) is 0.363. The van der Waals surface area contributed by atoms with E-state index in [1.54, 1.807) is 24.3 Å². The minimum absolute atomic E-state index is 0.119. The van der Waals surface area contributed by atoms with Crippen molar-refractivity contribution < 1.29 is 9.53 Å². The van der Waals surface area contributed by atoms with E-state index in [1.165, 1.54) is 5.56 Å². The topological polar surface area (TPSA) is 26.3 Å². The first-order chi connectivity index (χ1) is 11.0. The van der Waals surface area contributed by atoms with E-state index in [0.717, 1.165) is 11.1 Å². The number of ether oxygens (including phenoxy) is 1. The average Bonchev–Trinajstić information content (AvgIpc) is 2.47. The number of carbonyl (C=O) groups is 1. The summed E-state index contributed by atoms with van der Waals surface area (Å²) in [4.78, 5) is 12.6. The number of hydrogen-bond donors (Lipinski definition) is 0. The molecule has 2 nitrogen and oxygen atoms in total. The Labute approximate surface area is 145 Å². The van der Waals surface area contributed by atoms with Crippen LogP contribution in [0.1, 0.15) is 68.6 Å². The van der Waals surface area contributed by atoms with E-state index >= 15 is 0 Å². The van der Waals surface area contributed by atoms with E-state index < -0.39 is 0 Å². The molecular formula is C22H27O2. The molecule has 0 aliphatic heterocycles. The number of rotatable bonds is 2. The minimum Gasteiger partial charge on any atom is -0.422 e. The van der Waals surface area contributed by atoms with Crippen LogP contribution < -0.4 is 4.74 Å². The zero-order valence-corrected chi connectivity index (χ0v) is 15.8. The van der Waals surface area contributed by atoms with Gasteiger partial charge in [0.05, 0.1) is 5.56 Å². The van der Waals surface area contributed by atoms with Crippen LogP contribution in [0.4, 0.5) is 0 Å². The van der Waals surface area contributed by atoms with Crippen LogP contribution in [0.5, 0.6) is 5.75 Å².